The number of nitrogens with zero attached hydrogens (tertiary/aromatic N) is 1. The van der Waals surface area contributed by atoms with Gasteiger partial charge in [0.2, 0.25) is 0 Å². The first-order valence-electron chi connectivity index (χ1n) is 6.50. The second kappa shape index (κ2) is 6.25. The van der Waals surface area contributed by atoms with Gasteiger partial charge in [0.05, 0.1) is 0 Å². The average Bonchev–Trinajstić information content (AvgIpc) is 2.38. The molecule has 0 saturated carbocycles. The van der Waals surface area contributed by atoms with Crippen LogP contribution in [0.15, 0.2) is 42.5 Å². The minimum atomic E-state index is -0.242. The second-order valence-electron chi connectivity index (χ2n) is 4.99. The Morgan fingerprint density at radius 2 is 1.85 bits per heavy atom. The van der Waals surface area contributed by atoms with Crippen molar-refractivity contribution in [3.8, 4) is 0 Å². The maximum Gasteiger partial charge on any atom is 0.123 e. The molecule has 1 atom stereocenters. The summed E-state index contributed by atoms with van der Waals surface area (Å²) in [7, 11) is 1.95. The van der Waals surface area contributed by atoms with Crippen molar-refractivity contribution in [3.63, 3.8) is 0 Å². The van der Waals surface area contributed by atoms with Gasteiger partial charge in [0.25, 0.3) is 0 Å². The fourth-order valence-electron chi connectivity index (χ4n) is 2.20. The van der Waals surface area contributed by atoms with Crippen LogP contribution in [0, 0.1) is 5.82 Å². The summed E-state index contributed by atoms with van der Waals surface area (Å²) in [5.74, 6) is -0.242. The largest absolute Gasteiger partial charge is 0.344 e. The van der Waals surface area contributed by atoms with Gasteiger partial charge in [0.15, 0.2) is 0 Å². The zero-order chi connectivity index (χ0) is 14.7. The van der Waals surface area contributed by atoms with E-state index in [-0.39, 0.29) is 11.9 Å². The first-order chi connectivity index (χ1) is 9.47. The minimum absolute atomic E-state index is 0.0498. The molecule has 0 aliphatic rings. The van der Waals surface area contributed by atoms with Gasteiger partial charge in [-0.05, 0) is 61.4 Å². The molecule has 2 rings (SSSR count). The first kappa shape index (κ1) is 14.8. The Bertz CT molecular complexity index is 582. The fraction of sp³-hybridized carbons (Fsp3) is 0.250. The molecular weight excluding hydrogens is 275 g/mol. The molecule has 106 valence electrons. The highest BCUT2D eigenvalue weighted by Gasteiger charge is 2.11. The summed E-state index contributed by atoms with van der Waals surface area (Å²) in [4.78, 5) is 2.01. The normalized spacial score (nSPS) is 12.2. The summed E-state index contributed by atoms with van der Waals surface area (Å²) in [6.07, 6.45) is 0.738. The van der Waals surface area contributed by atoms with Crippen LogP contribution in [0.3, 0.4) is 0 Å². The molecule has 0 radical (unpaired) electrons. The number of halogens is 2. The Balaban J connectivity index is 2.37. The predicted molar refractivity (Wildman–Crippen MR) is 83.3 cm³/mol. The molecule has 1 unspecified atom stereocenters. The number of hydrogen-bond acceptors (Lipinski definition) is 2. The Labute approximate surface area is 124 Å². The molecule has 2 N–H and O–H groups in total. The van der Waals surface area contributed by atoms with Crippen LogP contribution in [0.4, 0.5) is 15.8 Å². The summed E-state index contributed by atoms with van der Waals surface area (Å²) >= 11 is 6.06. The Morgan fingerprint density at radius 1 is 1.20 bits per heavy atom. The molecule has 0 fully saturated rings. The van der Waals surface area contributed by atoms with Crippen molar-refractivity contribution in [1.82, 2.24) is 0 Å². The molecule has 2 aromatic rings. The van der Waals surface area contributed by atoms with Crippen molar-refractivity contribution < 1.29 is 4.39 Å². The maximum atomic E-state index is 13.0. The van der Waals surface area contributed by atoms with E-state index in [1.807, 2.05) is 37.1 Å². The summed E-state index contributed by atoms with van der Waals surface area (Å²) in [6.45, 7) is 1.96. The molecule has 0 aliphatic heterocycles. The highest BCUT2D eigenvalue weighted by Crippen LogP contribution is 2.30. The van der Waals surface area contributed by atoms with E-state index in [0.29, 0.717) is 5.02 Å². The van der Waals surface area contributed by atoms with Gasteiger partial charge in [-0.2, -0.15) is 0 Å². The lowest BCUT2D eigenvalue weighted by molar-refractivity contribution is 0.628. The third-order valence-corrected chi connectivity index (χ3v) is 3.39. The van der Waals surface area contributed by atoms with Crippen LogP contribution in [0.1, 0.15) is 12.5 Å². The molecule has 0 spiro atoms. The zero-order valence-electron chi connectivity index (χ0n) is 11.6. The molecule has 0 aromatic heterocycles. The van der Waals surface area contributed by atoms with Crippen LogP contribution in [0.2, 0.25) is 5.02 Å². The quantitative estimate of drug-likeness (QED) is 0.918. The summed E-state index contributed by atoms with van der Waals surface area (Å²) in [6, 6.07) is 12.2. The van der Waals surface area contributed by atoms with Gasteiger partial charge in [-0.15, -0.1) is 0 Å². The molecule has 0 amide bonds. The lowest BCUT2D eigenvalue weighted by atomic mass is 10.0. The molecule has 0 heterocycles. The van der Waals surface area contributed by atoms with Crippen molar-refractivity contribution in [2.45, 2.75) is 19.4 Å². The van der Waals surface area contributed by atoms with E-state index in [0.717, 1.165) is 23.4 Å². The minimum Gasteiger partial charge on any atom is -0.344 e. The predicted octanol–water partition coefficient (Wildman–Crippen LogP) is 4.14. The number of anilines is 2. The monoisotopic (exact) mass is 292 g/mol. The van der Waals surface area contributed by atoms with Gasteiger partial charge < -0.3 is 10.6 Å². The lowest BCUT2D eigenvalue weighted by Gasteiger charge is -2.23. The summed E-state index contributed by atoms with van der Waals surface area (Å²) in [5, 5.41) is 0.692. The third-order valence-electron chi connectivity index (χ3n) is 3.16. The molecule has 2 aromatic carbocycles. The van der Waals surface area contributed by atoms with Crippen LogP contribution >= 0.6 is 11.6 Å². The van der Waals surface area contributed by atoms with Crippen LogP contribution < -0.4 is 10.6 Å². The van der Waals surface area contributed by atoms with E-state index >= 15 is 0 Å². The van der Waals surface area contributed by atoms with Crippen LogP contribution in [-0.4, -0.2) is 13.1 Å². The van der Waals surface area contributed by atoms with Gasteiger partial charge in [-0.3, -0.25) is 0 Å². The number of rotatable bonds is 4. The molecule has 0 aliphatic carbocycles. The van der Waals surface area contributed by atoms with E-state index in [1.54, 1.807) is 12.1 Å². The van der Waals surface area contributed by atoms with Crippen molar-refractivity contribution in [2.75, 3.05) is 11.9 Å². The number of nitrogens with two attached hydrogens (primary N) is 1. The van der Waals surface area contributed by atoms with E-state index in [2.05, 4.69) is 0 Å². The van der Waals surface area contributed by atoms with Gasteiger partial charge in [-0.25, -0.2) is 4.39 Å². The van der Waals surface area contributed by atoms with Crippen molar-refractivity contribution in [3.05, 3.63) is 58.9 Å². The molecule has 2 nitrogen and oxygen atoms in total. The average molecular weight is 293 g/mol. The Hall–Kier alpha value is -1.58. The fourth-order valence-corrected chi connectivity index (χ4v) is 2.39. The lowest BCUT2D eigenvalue weighted by Crippen LogP contribution is -2.20. The van der Waals surface area contributed by atoms with E-state index < -0.39 is 0 Å². The maximum absolute atomic E-state index is 13.0. The molecule has 0 bridgehead atoms. The van der Waals surface area contributed by atoms with Gasteiger partial charge in [-0.1, -0.05) is 11.6 Å². The van der Waals surface area contributed by atoms with Crippen LogP contribution in [0.25, 0.3) is 0 Å². The standard InChI is InChI=1S/C16H18ClFN2/c1-11(19)9-12-10-13(17)3-8-16(12)20(2)15-6-4-14(18)5-7-15/h3-8,10-11H,9,19H2,1-2H3. The summed E-state index contributed by atoms with van der Waals surface area (Å²) in [5.41, 5.74) is 8.92. The second-order valence-corrected chi connectivity index (χ2v) is 5.43. The molecular formula is C16H18ClFN2. The number of hydrogen-bond donors (Lipinski definition) is 1. The molecule has 0 saturated heterocycles. The van der Waals surface area contributed by atoms with Crippen molar-refractivity contribution in [1.29, 1.82) is 0 Å². The number of benzene rings is 2. The van der Waals surface area contributed by atoms with Gasteiger partial charge in [0, 0.05) is 29.5 Å². The van der Waals surface area contributed by atoms with Crippen LogP contribution in [-0.2, 0) is 6.42 Å². The highest BCUT2D eigenvalue weighted by atomic mass is 35.5. The highest BCUT2D eigenvalue weighted by molar-refractivity contribution is 6.30. The zero-order valence-corrected chi connectivity index (χ0v) is 12.4. The third kappa shape index (κ3) is 3.50. The topological polar surface area (TPSA) is 29.3 Å². The SMILES string of the molecule is CC(N)Cc1cc(Cl)ccc1N(C)c1ccc(F)cc1. The van der Waals surface area contributed by atoms with E-state index in [9.17, 15) is 4.39 Å². The van der Waals surface area contributed by atoms with Crippen LogP contribution in [0.5, 0.6) is 0 Å². The Morgan fingerprint density at radius 3 is 2.45 bits per heavy atom. The molecule has 4 heteroatoms. The van der Waals surface area contributed by atoms with Gasteiger partial charge >= 0.3 is 0 Å². The Kier molecular flexibility index (Phi) is 4.63. The molecule has 20 heavy (non-hydrogen) atoms. The van der Waals surface area contributed by atoms with E-state index in [1.165, 1.54) is 12.1 Å². The van der Waals surface area contributed by atoms with E-state index in [4.69, 9.17) is 17.3 Å². The van der Waals surface area contributed by atoms with Crippen molar-refractivity contribution in [2.24, 2.45) is 5.73 Å². The van der Waals surface area contributed by atoms with Crippen molar-refractivity contribution >= 4 is 23.0 Å². The summed E-state index contributed by atoms with van der Waals surface area (Å²) < 4.78 is 13.0. The first-order valence-corrected chi connectivity index (χ1v) is 6.88. The smallest absolute Gasteiger partial charge is 0.123 e. The van der Waals surface area contributed by atoms with Gasteiger partial charge in [0.1, 0.15) is 5.82 Å².